The van der Waals surface area contributed by atoms with Gasteiger partial charge in [0.1, 0.15) is 11.6 Å². The van der Waals surface area contributed by atoms with Gasteiger partial charge in [0.15, 0.2) is 0 Å². The Hall–Kier alpha value is -1.92. The lowest BCUT2D eigenvalue weighted by Crippen LogP contribution is -2.23. The van der Waals surface area contributed by atoms with Gasteiger partial charge in [-0.3, -0.25) is 4.79 Å². The van der Waals surface area contributed by atoms with Crippen LogP contribution in [0.25, 0.3) is 0 Å². The maximum absolute atomic E-state index is 13.8. The highest BCUT2D eigenvalue weighted by Gasteiger charge is 2.09. The van der Waals surface area contributed by atoms with Crippen molar-refractivity contribution in [2.24, 2.45) is 5.73 Å². The van der Waals surface area contributed by atoms with Crippen LogP contribution in [-0.2, 0) is 6.54 Å². The average Bonchev–Trinajstić information content (AvgIpc) is 2.47. The van der Waals surface area contributed by atoms with Gasteiger partial charge in [-0.25, -0.2) is 9.07 Å². The second-order valence-electron chi connectivity index (χ2n) is 4.39. The van der Waals surface area contributed by atoms with Gasteiger partial charge in [0.05, 0.1) is 24.4 Å². The molecule has 2 rings (SSSR count). The van der Waals surface area contributed by atoms with Crippen molar-refractivity contribution in [1.82, 2.24) is 9.78 Å². The number of nitrogens with zero attached hydrogens (tertiary/aromatic N) is 2. The molecule has 0 saturated carbocycles. The van der Waals surface area contributed by atoms with Crippen LogP contribution < -0.4 is 16.0 Å². The van der Waals surface area contributed by atoms with Gasteiger partial charge in [0, 0.05) is 11.6 Å². The molecule has 21 heavy (non-hydrogen) atoms. The monoisotopic (exact) mass is 311 g/mol. The van der Waals surface area contributed by atoms with Crippen LogP contribution in [0, 0.1) is 5.82 Å². The van der Waals surface area contributed by atoms with E-state index in [1.54, 1.807) is 12.1 Å². The SMILES string of the molecule is NCCCOc1cnn(Cc2cccc(Cl)c2F)c(=O)c1. The van der Waals surface area contributed by atoms with Gasteiger partial charge in [0.2, 0.25) is 0 Å². The highest BCUT2D eigenvalue weighted by molar-refractivity contribution is 6.30. The summed E-state index contributed by atoms with van der Waals surface area (Å²) in [6.07, 6.45) is 2.11. The Bertz CT molecular complexity index is 676. The van der Waals surface area contributed by atoms with Gasteiger partial charge in [-0.15, -0.1) is 0 Å². The van der Waals surface area contributed by atoms with E-state index in [4.69, 9.17) is 22.1 Å². The summed E-state index contributed by atoms with van der Waals surface area (Å²) >= 11 is 5.70. The van der Waals surface area contributed by atoms with Crippen molar-refractivity contribution in [3.05, 3.63) is 57.2 Å². The normalized spacial score (nSPS) is 10.6. The molecule has 112 valence electrons. The maximum Gasteiger partial charge on any atom is 0.270 e. The second kappa shape index (κ2) is 7.19. The van der Waals surface area contributed by atoms with Gasteiger partial charge in [0.25, 0.3) is 5.56 Å². The Labute approximate surface area is 126 Å². The van der Waals surface area contributed by atoms with Gasteiger partial charge in [-0.2, -0.15) is 5.10 Å². The molecule has 5 nitrogen and oxygen atoms in total. The second-order valence-corrected chi connectivity index (χ2v) is 4.80. The third kappa shape index (κ3) is 4.03. The highest BCUT2D eigenvalue weighted by Crippen LogP contribution is 2.18. The molecule has 0 fully saturated rings. The third-order valence-corrected chi connectivity index (χ3v) is 3.11. The fourth-order valence-corrected chi connectivity index (χ4v) is 1.91. The molecule has 0 aliphatic carbocycles. The molecule has 1 aromatic heterocycles. The molecule has 0 bridgehead atoms. The molecule has 1 aromatic carbocycles. The summed E-state index contributed by atoms with van der Waals surface area (Å²) in [5, 5.41) is 3.98. The van der Waals surface area contributed by atoms with Crippen LogP contribution in [0.2, 0.25) is 5.02 Å². The first kappa shape index (κ1) is 15.5. The number of halogens is 2. The Morgan fingerprint density at radius 1 is 1.43 bits per heavy atom. The average molecular weight is 312 g/mol. The molecule has 1 heterocycles. The van der Waals surface area contributed by atoms with Gasteiger partial charge in [-0.05, 0) is 19.0 Å². The van der Waals surface area contributed by atoms with E-state index in [0.29, 0.717) is 30.9 Å². The number of benzene rings is 1. The molecule has 0 spiro atoms. The van der Waals surface area contributed by atoms with E-state index in [-0.39, 0.29) is 17.1 Å². The lowest BCUT2D eigenvalue weighted by molar-refractivity contribution is 0.309. The summed E-state index contributed by atoms with van der Waals surface area (Å²) < 4.78 is 20.3. The predicted molar refractivity (Wildman–Crippen MR) is 78.2 cm³/mol. The summed E-state index contributed by atoms with van der Waals surface area (Å²) in [5.41, 5.74) is 5.28. The van der Waals surface area contributed by atoms with Crippen molar-refractivity contribution < 1.29 is 9.13 Å². The minimum Gasteiger partial charge on any atom is -0.492 e. The zero-order valence-corrected chi connectivity index (χ0v) is 12.0. The first-order valence-corrected chi connectivity index (χ1v) is 6.82. The first-order valence-electron chi connectivity index (χ1n) is 6.44. The summed E-state index contributed by atoms with van der Waals surface area (Å²) in [7, 11) is 0. The fourth-order valence-electron chi connectivity index (χ4n) is 1.72. The number of aromatic nitrogens is 2. The topological polar surface area (TPSA) is 70.1 Å². The first-order chi connectivity index (χ1) is 10.1. The largest absolute Gasteiger partial charge is 0.492 e. The van der Waals surface area contributed by atoms with Gasteiger partial charge in [-0.1, -0.05) is 23.7 Å². The molecule has 0 unspecified atom stereocenters. The maximum atomic E-state index is 13.8. The number of hydrogen-bond acceptors (Lipinski definition) is 4. The summed E-state index contributed by atoms with van der Waals surface area (Å²) in [6.45, 7) is 0.942. The number of hydrogen-bond donors (Lipinski definition) is 1. The van der Waals surface area contributed by atoms with Crippen LogP contribution >= 0.6 is 11.6 Å². The molecule has 0 radical (unpaired) electrons. The highest BCUT2D eigenvalue weighted by atomic mass is 35.5. The Kier molecular flexibility index (Phi) is 5.30. The number of ether oxygens (including phenoxy) is 1. The molecule has 0 amide bonds. The molecular weight excluding hydrogens is 297 g/mol. The number of rotatable bonds is 6. The fraction of sp³-hybridized carbons (Fsp3) is 0.286. The van der Waals surface area contributed by atoms with Crippen LogP contribution in [0.5, 0.6) is 5.75 Å². The van der Waals surface area contributed by atoms with E-state index >= 15 is 0 Å². The Morgan fingerprint density at radius 2 is 2.24 bits per heavy atom. The molecule has 0 atom stereocenters. The van der Waals surface area contributed by atoms with Crippen LogP contribution in [-0.4, -0.2) is 22.9 Å². The summed E-state index contributed by atoms with van der Waals surface area (Å²) in [6, 6.07) is 5.94. The van der Waals surface area contributed by atoms with Crippen molar-refractivity contribution in [2.75, 3.05) is 13.2 Å². The van der Waals surface area contributed by atoms with E-state index < -0.39 is 5.82 Å². The molecular formula is C14H15ClFN3O2. The minimum atomic E-state index is -0.545. The van der Waals surface area contributed by atoms with Crippen LogP contribution in [0.1, 0.15) is 12.0 Å². The van der Waals surface area contributed by atoms with Crippen molar-refractivity contribution in [2.45, 2.75) is 13.0 Å². The molecule has 0 aliphatic rings. The van der Waals surface area contributed by atoms with Crippen LogP contribution in [0.3, 0.4) is 0 Å². The predicted octanol–water partition coefficient (Wildman–Crippen LogP) is 1.81. The molecule has 0 aliphatic heterocycles. The van der Waals surface area contributed by atoms with Gasteiger partial charge < -0.3 is 10.5 Å². The Balaban J connectivity index is 2.14. The van der Waals surface area contributed by atoms with Crippen molar-refractivity contribution in [3.8, 4) is 5.75 Å². The van der Waals surface area contributed by atoms with Crippen molar-refractivity contribution >= 4 is 11.6 Å². The lowest BCUT2D eigenvalue weighted by atomic mass is 10.2. The van der Waals surface area contributed by atoms with Crippen molar-refractivity contribution in [1.29, 1.82) is 0 Å². The Morgan fingerprint density at radius 3 is 2.95 bits per heavy atom. The van der Waals surface area contributed by atoms with E-state index in [9.17, 15) is 9.18 Å². The zero-order valence-electron chi connectivity index (χ0n) is 11.3. The number of nitrogens with two attached hydrogens (primary N) is 1. The third-order valence-electron chi connectivity index (χ3n) is 2.81. The molecule has 2 N–H and O–H groups in total. The van der Waals surface area contributed by atoms with E-state index in [1.807, 2.05) is 0 Å². The summed E-state index contributed by atoms with van der Waals surface area (Å²) in [4.78, 5) is 11.9. The quantitative estimate of drug-likeness (QED) is 0.826. The molecule has 2 aromatic rings. The van der Waals surface area contributed by atoms with Crippen LogP contribution in [0.4, 0.5) is 4.39 Å². The summed E-state index contributed by atoms with van der Waals surface area (Å²) in [5.74, 6) is -0.174. The van der Waals surface area contributed by atoms with E-state index in [0.717, 1.165) is 4.68 Å². The van der Waals surface area contributed by atoms with Crippen LogP contribution in [0.15, 0.2) is 35.3 Å². The van der Waals surface area contributed by atoms with E-state index in [2.05, 4.69) is 5.10 Å². The minimum absolute atomic E-state index is 0.00824. The smallest absolute Gasteiger partial charge is 0.270 e. The van der Waals surface area contributed by atoms with Gasteiger partial charge >= 0.3 is 0 Å². The van der Waals surface area contributed by atoms with Crippen molar-refractivity contribution in [3.63, 3.8) is 0 Å². The zero-order chi connectivity index (χ0) is 15.2. The lowest BCUT2D eigenvalue weighted by Gasteiger charge is -2.08. The standard InChI is InChI=1S/C14H15ClFN3O2/c15-12-4-1-3-10(14(12)16)9-19-13(20)7-11(8-18-19)21-6-2-5-17/h1,3-4,7-8H,2,5-6,9,17H2. The molecule has 7 heteroatoms. The molecule has 0 saturated heterocycles. The van der Waals surface area contributed by atoms with E-state index in [1.165, 1.54) is 18.3 Å².